The first kappa shape index (κ1) is 9.68. The molecule has 1 heterocycles. The minimum absolute atomic E-state index is 0.0257. The second-order valence-electron chi connectivity index (χ2n) is 3.19. The van der Waals surface area contributed by atoms with Crippen molar-refractivity contribution in [2.75, 3.05) is 6.61 Å². The van der Waals surface area contributed by atoms with E-state index in [1.54, 1.807) is 18.2 Å². The first-order valence-corrected chi connectivity index (χ1v) is 5.10. The quantitative estimate of drug-likeness (QED) is 0.834. The molecule has 14 heavy (non-hydrogen) atoms. The van der Waals surface area contributed by atoms with Gasteiger partial charge in [-0.2, -0.15) is 0 Å². The van der Waals surface area contributed by atoms with Crippen molar-refractivity contribution in [1.29, 1.82) is 0 Å². The van der Waals surface area contributed by atoms with E-state index < -0.39 is 6.10 Å². The van der Waals surface area contributed by atoms with Crippen LogP contribution in [0.3, 0.4) is 0 Å². The number of halogens is 1. The third kappa shape index (κ3) is 1.67. The number of ether oxygens (including phenoxy) is 1. The predicted molar refractivity (Wildman–Crippen MR) is 54.6 cm³/mol. The van der Waals surface area contributed by atoms with E-state index in [4.69, 9.17) is 9.84 Å². The van der Waals surface area contributed by atoms with E-state index in [0.717, 1.165) is 4.47 Å². The highest BCUT2D eigenvalue weighted by Crippen LogP contribution is 2.30. The monoisotopic (exact) mass is 256 g/mol. The van der Waals surface area contributed by atoms with E-state index in [1.807, 2.05) is 0 Å². The Bertz CT molecular complexity index is 376. The van der Waals surface area contributed by atoms with Crippen LogP contribution in [0.4, 0.5) is 0 Å². The normalized spacial score (nSPS) is 20.1. The molecule has 74 valence electrons. The Labute approximate surface area is 89.8 Å². The van der Waals surface area contributed by atoms with Crippen molar-refractivity contribution in [2.24, 2.45) is 0 Å². The lowest BCUT2D eigenvalue weighted by molar-refractivity contribution is 0.0704. The minimum Gasteiger partial charge on any atom is -0.487 e. The lowest BCUT2D eigenvalue weighted by Gasteiger charge is -2.23. The summed E-state index contributed by atoms with van der Waals surface area (Å²) in [6, 6.07) is 5.28. The number of hydrogen-bond acceptors (Lipinski definition) is 3. The van der Waals surface area contributed by atoms with E-state index in [9.17, 15) is 4.79 Å². The summed E-state index contributed by atoms with van der Waals surface area (Å²) in [6.07, 6.45) is -0.144. The van der Waals surface area contributed by atoms with Crippen molar-refractivity contribution in [3.8, 4) is 5.75 Å². The molecule has 1 aliphatic heterocycles. The third-order valence-electron chi connectivity index (χ3n) is 2.15. The Morgan fingerprint density at radius 2 is 2.36 bits per heavy atom. The number of ketones is 1. The van der Waals surface area contributed by atoms with Crippen molar-refractivity contribution in [1.82, 2.24) is 0 Å². The zero-order chi connectivity index (χ0) is 10.1. The molecule has 2 rings (SSSR count). The molecule has 0 spiro atoms. The number of Topliss-reactive ketones (excluding diaryl/α,β-unsaturated/α-hetero) is 1. The summed E-state index contributed by atoms with van der Waals surface area (Å²) in [7, 11) is 0. The van der Waals surface area contributed by atoms with Gasteiger partial charge in [-0.1, -0.05) is 15.9 Å². The lowest BCUT2D eigenvalue weighted by Crippen LogP contribution is -2.29. The summed E-state index contributed by atoms with van der Waals surface area (Å²) < 4.78 is 6.30. The fraction of sp³-hybridized carbons (Fsp3) is 0.300. The van der Waals surface area contributed by atoms with E-state index >= 15 is 0 Å². The second kappa shape index (κ2) is 3.71. The number of rotatable bonds is 1. The number of aliphatic hydroxyl groups excluding tert-OH is 1. The Morgan fingerprint density at radius 3 is 3.07 bits per heavy atom. The van der Waals surface area contributed by atoms with Crippen LogP contribution in [0.1, 0.15) is 16.8 Å². The van der Waals surface area contributed by atoms with Crippen molar-refractivity contribution < 1.29 is 14.6 Å². The van der Waals surface area contributed by atoms with Gasteiger partial charge in [0.25, 0.3) is 0 Å². The van der Waals surface area contributed by atoms with E-state index in [-0.39, 0.29) is 18.8 Å². The maximum atomic E-state index is 11.6. The van der Waals surface area contributed by atoms with Crippen molar-refractivity contribution in [3.05, 3.63) is 28.2 Å². The van der Waals surface area contributed by atoms with Gasteiger partial charge in [-0.25, -0.2) is 0 Å². The SMILES string of the molecule is O=C1CC(CO)Oc2cc(Br)ccc21. The maximum Gasteiger partial charge on any atom is 0.170 e. The van der Waals surface area contributed by atoms with Gasteiger partial charge in [-0.3, -0.25) is 4.79 Å². The fourth-order valence-electron chi connectivity index (χ4n) is 1.46. The van der Waals surface area contributed by atoms with Crippen molar-refractivity contribution >= 4 is 21.7 Å². The van der Waals surface area contributed by atoms with E-state index in [0.29, 0.717) is 11.3 Å². The first-order chi connectivity index (χ1) is 6.70. The van der Waals surface area contributed by atoms with Crippen LogP contribution in [0, 0.1) is 0 Å². The van der Waals surface area contributed by atoms with Crippen LogP contribution in [0.15, 0.2) is 22.7 Å². The van der Waals surface area contributed by atoms with Crippen LogP contribution >= 0.6 is 15.9 Å². The number of aliphatic hydroxyl groups is 1. The summed E-state index contributed by atoms with van der Waals surface area (Å²) in [6.45, 7) is -0.127. The van der Waals surface area contributed by atoms with Crippen LogP contribution in [0.25, 0.3) is 0 Å². The molecule has 4 heteroatoms. The predicted octanol–water partition coefficient (Wildman–Crippen LogP) is 1.78. The number of fused-ring (bicyclic) bond motifs is 1. The zero-order valence-electron chi connectivity index (χ0n) is 7.37. The van der Waals surface area contributed by atoms with Gasteiger partial charge in [0.05, 0.1) is 18.6 Å². The molecule has 1 aromatic rings. The van der Waals surface area contributed by atoms with Gasteiger partial charge in [0.1, 0.15) is 11.9 Å². The van der Waals surface area contributed by atoms with Crippen LogP contribution in [0.5, 0.6) is 5.75 Å². The van der Waals surface area contributed by atoms with E-state index in [1.165, 1.54) is 0 Å². The minimum atomic E-state index is -0.399. The van der Waals surface area contributed by atoms with Crippen molar-refractivity contribution in [2.45, 2.75) is 12.5 Å². The van der Waals surface area contributed by atoms with Gasteiger partial charge in [0.2, 0.25) is 0 Å². The van der Waals surface area contributed by atoms with Crippen LogP contribution in [-0.4, -0.2) is 23.6 Å². The molecule has 3 nitrogen and oxygen atoms in total. The first-order valence-electron chi connectivity index (χ1n) is 4.31. The Balaban J connectivity index is 2.40. The van der Waals surface area contributed by atoms with Gasteiger partial charge >= 0.3 is 0 Å². The average Bonchev–Trinajstić information content (AvgIpc) is 2.16. The van der Waals surface area contributed by atoms with E-state index in [2.05, 4.69) is 15.9 Å². The molecule has 1 unspecified atom stereocenters. The summed E-state index contributed by atoms with van der Waals surface area (Å²) in [5.74, 6) is 0.576. The third-order valence-corrected chi connectivity index (χ3v) is 2.65. The standard InChI is InChI=1S/C10H9BrO3/c11-6-1-2-8-9(13)4-7(5-12)14-10(8)3-6/h1-3,7,12H,4-5H2. The smallest absolute Gasteiger partial charge is 0.170 e. The molecule has 0 radical (unpaired) electrons. The molecule has 1 aliphatic rings. The molecule has 0 saturated carbocycles. The molecule has 1 aromatic carbocycles. The fourth-order valence-corrected chi connectivity index (χ4v) is 1.80. The molecule has 0 fully saturated rings. The molecule has 1 atom stereocenters. The number of hydrogen-bond donors (Lipinski definition) is 1. The highest BCUT2D eigenvalue weighted by Gasteiger charge is 2.25. The molecular formula is C10H9BrO3. The molecule has 0 aliphatic carbocycles. The van der Waals surface area contributed by atoms with Gasteiger partial charge in [-0.05, 0) is 18.2 Å². The second-order valence-corrected chi connectivity index (χ2v) is 4.11. The van der Waals surface area contributed by atoms with Gasteiger partial charge in [0.15, 0.2) is 5.78 Å². The lowest BCUT2D eigenvalue weighted by atomic mass is 10.0. The topological polar surface area (TPSA) is 46.5 Å². The zero-order valence-corrected chi connectivity index (χ0v) is 8.95. The largest absolute Gasteiger partial charge is 0.487 e. The summed E-state index contributed by atoms with van der Waals surface area (Å²) in [4.78, 5) is 11.6. The molecule has 1 N–H and O–H groups in total. The molecule has 0 saturated heterocycles. The molecule has 0 amide bonds. The van der Waals surface area contributed by atoms with Crippen molar-refractivity contribution in [3.63, 3.8) is 0 Å². The Hall–Kier alpha value is -0.870. The molecular weight excluding hydrogens is 248 g/mol. The van der Waals surface area contributed by atoms with Gasteiger partial charge < -0.3 is 9.84 Å². The van der Waals surface area contributed by atoms with Crippen LogP contribution < -0.4 is 4.74 Å². The van der Waals surface area contributed by atoms with Crippen LogP contribution in [-0.2, 0) is 0 Å². The van der Waals surface area contributed by atoms with Gasteiger partial charge in [-0.15, -0.1) is 0 Å². The molecule has 0 aromatic heterocycles. The maximum absolute atomic E-state index is 11.6. The molecule has 0 bridgehead atoms. The van der Waals surface area contributed by atoms with Crippen LogP contribution in [0.2, 0.25) is 0 Å². The number of benzene rings is 1. The Morgan fingerprint density at radius 1 is 1.57 bits per heavy atom. The summed E-state index contributed by atoms with van der Waals surface area (Å²) in [5, 5.41) is 8.91. The van der Waals surface area contributed by atoms with Gasteiger partial charge in [0, 0.05) is 4.47 Å². The highest BCUT2D eigenvalue weighted by atomic mass is 79.9. The average molecular weight is 257 g/mol. The Kier molecular flexibility index (Phi) is 2.56. The number of carbonyl (C=O) groups is 1. The summed E-state index contributed by atoms with van der Waals surface area (Å²) in [5.41, 5.74) is 0.595. The number of carbonyl (C=O) groups excluding carboxylic acids is 1. The summed E-state index contributed by atoms with van der Waals surface area (Å²) >= 11 is 3.30. The highest BCUT2D eigenvalue weighted by molar-refractivity contribution is 9.10.